The number of rotatable bonds is 6. The molecule has 0 aromatic rings. The summed E-state index contributed by atoms with van der Waals surface area (Å²) in [7, 11) is 0. The molecule has 0 heterocycles. The van der Waals surface area contributed by atoms with Gasteiger partial charge < -0.3 is 15.9 Å². The van der Waals surface area contributed by atoms with E-state index in [0.717, 1.165) is 12.8 Å². The molecule has 18 heavy (non-hydrogen) atoms. The van der Waals surface area contributed by atoms with Gasteiger partial charge in [-0.05, 0) is 12.8 Å². The number of carbonyl (C=O) groups excluding carboxylic acids is 2. The molecule has 2 unspecified atom stereocenters. The summed E-state index contributed by atoms with van der Waals surface area (Å²) in [5.74, 6) is -0.885. The molecule has 8 nitrogen and oxygen atoms in total. The molecule has 0 aromatic carbocycles. The van der Waals surface area contributed by atoms with Gasteiger partial charge in [0.2, 0.25) is 11.8 Å². The van der Waals surface area contributed by atoms with Crippen LogP contribution in [-0.2, 0) is 14.4 Å². The molecule has 1 fully saturated rings. The summed E-state index contributed by atoms with van der Waals surface area (Å²) in [5, 5.41) is 12.1. The zero-order valence-electron chi connectivity index (χ0n) is 9.96. The van der Waals surface area contributed by atoms with Gasteiger partial charge in [0.1, 0.15) is 6.10 Å². The van der Waals surface area contributed by atoms with E-state index in [1.165, 1.54) is 0 Å². The monoisotopic (exact) mass is 259 g/mol. The maximum Gasteiger partial charge on any atom is 0.294 e. The lowest BCUT2D eigenvalue weighted by Crippen LogP contribution is -2.47. The van der Waals surface area contributed by atoms with E-state index >= 15 is 0 Å². The minimum atomic E-state index is -0.835. The third-order valence-electron chi connectivity index (χ3n) is 2.87. The fourth-order valence-electron chi connectivity index (χ4n) is 2.01. The zero-order chi connectivity index (χ0) is 13.5. The number of primary amides is 1. The highest BCUT2D eigenvalue weighted by atomic mass is 17.0. The van der Waals surface area contributed by atoms with Gasteiger partial charge in [-0.2, -0.15) is 0 Å². The predicted octanol–water partition coefficient (Wildman–Crippen LogP) is -0.112. The Labute approximate surface area is 104 Å². The van der Waals surface area contributed by atoms with Crippen LogP contribution >= 0.6 is 0 Å². The van der Waals surface area contributed by atoms with E-state index in [0.29, 0.717) is 12.8 Å². The van der Waals surface area contributed by atoms with Crippen LogP contribution in [0.25, 0.3) is 0 Å². The molecular weight excluding hydrogens is 242 g/mol. The summed E-state index contributed by atoms with van der Waals surface area (Å²) in [6.45, 7) is 0. The van der Waals surface area contributed by atoms with E-state index in [-0.39, 0.29) is 24.8 Å². The first kappa shape index (κ1) is 14.2. The Kier molecular flexibility index (Phi) is 5.34. The fourth-order valence-corrected chi connectivity index (χ4v) is 2.01. The molecule has 0 saturated heterocycles. The summed E-state index contributed by atoms with van der Waals surface area (Å²) in [6.07, 6.45) is 2.27. The molecule has 1 aliphatic rings. The van der Waals surface area contributed by atoms with Crippen molar-refractivity contribution in [2.75, 3.05) is 0 Å². The molecule has 0 aromatic heterocycles. The quantitative estimate of drug-likeness (QED) is 0.508. The van der Waals surface area contributed by atoms with Crippen LogP contribution in [0, 0.1) is 10.1 Å². The highest BCUT2D eigenvalue weighted by molar-refractivity contribution is 5.82. The van der Waals surface area contributed by atoms with Crippen LogP contribution in [0.4, 0.5) is 0 Å². The van der Waals surface area contributed by atoms with Gasteiger partial charge in [-0.15, -0.1) is 10.1 Å². The Hall–Kier alpha value is -1.86. The van der Waals surface area contributed by atoms with Crippen LogP contribution in [0.1, 0.15) is 38.5 Å². The third kappa shape index (κ3) is 4.98. The molecule has 0 aliphatic heterocycles. The van der Waals surface area contributed by atoms with Gasteiger partial charge in [-0.3, -0.25) is 9.59 Å². The maximum atomic E-state index is 11.5. The summed E-state index contributed by atoms with van der Waals surface area (Å²) in [5.41, 5.74) is 4.93. The Morgan fingerprint density at radius 1 is 1.33 bits per heavy atom. The van der Waals surface area contributed by atoms with Crippen LogP contribution in [0.15, 0.2) is 0 Å². The number of hydrogen-bond acceptors (Lipinski definition) is 5. The van der Waals surface area contributed by atoms with Gasteiger partial charge in [0, 0.05) is 12.8 Å². The maximum absolute atomic E-state index is 11.5. The molecule has 0 bridgehead atoms. The van der Waals surface area contributed by atoms with Crippen LogP contribution in [0.3, 0.4) is 0 Å². The highest BCUT2D eigenvalue weighted by Crippen LogP contribution is 2.21. The van der Waals surface area contributed by atoms with Crippen molar-refractivity contribution in [3.8, 4) is 0 Å². The van der Waals surface area contributed by atoms with Crippen LogP contribution in [-0.4, -0.2) is 29.0 Å². The molecule has 0 spiro atoms. The average molecular weight is 259 g/mol. The van der Waals surface area contributed by atoms with E-state index in [9.17, 15) is 19.7 Å². The summed E-state index contributed by atoms with van der Waals surface area (Å²) in [4.78, 5) is 36.9. The Balaban J connectivity index is 2.43. The average Bonchev–Trinajstić information content (AvgIpc) is 2.28. The molecule has 1 rings (SSSR count). The molecule has 3 N–H and O–H groups in total. The van der Waals surface area contributed by atoms with Gasteiger partial charge >= 0.3 is 0 Å². The van der Waals surface area contributed by atoms with E-state index in [1.807, 2.05) is 0 Å². The first-order valence-electron chi connectivity index (χ1n) is 5.88. The second-order valence-corrected chi connectivity index (χ2v) is 4.29. The first-order chi connectivity index (χ1) is 8.49. The van der Waals surface area contributed by atoms with E-state index in [2.05, 4.69) is 10.2 Å². The van der Waals surface area contributed by atoms with E-state index < -0.39 is 17.1 Å². The summed E-state index contributed by atoms with van der Waals surface area (Å²) >= 11 is 0. The number of carbonyl (C=O) groups is 2. The largest absolute Gasteiger partial charge is 0.370 e. The molecule has 1 saturated carbocycles. The first-order valence-corrected chi connectivity index (χ1v) is 5.88. The van der Waals surface area contributed by atoms with Gasteiger partial charge in [0.25, 0.3) is 5.09 Å². The number of hydrogen-bond donors (Lipinski definition) is 2. The molecule has 8 heteroatoms. The molecular formula is C10H17N3O5. The minimum Gasteiger partial charge on any atom is -0.370 e. The summed E-state index contributed by atoms with van der Waals surface area (Å²) in [6, 6.07) is -0.371. The number of nitrogens with zero attached hydrogens (tertiary/aromatic N) is 1. The SMILES string of the molecule is NC(=O)CCC(=O)NC1CCCCC1O[N+](=O)[O-]. The van der Waals surface area contributed by atoms with Crippen LogP contribution in [0.2, 0.25) is 0 Å². The van der Waals surface area contributed by atoms with Gasteiger partial charge in [-0.1, -0.05) is 12.8 Å². The van der Waals surface area contributed by atoms with Crippen molar-refractivity contribution < 1.29 is 19.5 Å². The Bertz CT molecular complexity index is 333. The van der Waals surface area contributed by atoms with E-state index in [1.54, 1.807) is 0 Å². The van der Waals surface area contributed by atoms with Gasteiger partial charge in [0.05, 0.1) is 6.04 Å². The summed E-state index contributed by atoms with van der Waals surface area (Å²) < 4.78 is 0. The second-order valence-electron chi connectivity index (χ2n) is 4.29. The molecule has 2 atom stereocenters. The van der Waals surface area contributed by atoms with Gasteiger partial charge in [0.15, 0.2) is 0 Å². The minimum absolute atomic E-state index is 0.00296. The lowest BCUT2D eigenvalue weighted by molar-refractivity contribution is -0.770. The van der Waals surface area contributed by atoms with Crippen molar-refractivity contribution in [2.45, 2.75) is 50.7 Å². The van der Waals surface area contributed by atoms with Gasteiger partial charge in [-0.25, -0.2) is 0 Å². The van der Waals surface area contributed by atoms with Crippen molar-refractivity contribution in [2.24, 2.45) is 5.73 Å². The predicted molar refractivity (Wildman–Crippen MR) is 60.7 cm³/mol. The molecule has 2 amide bonds. The van der Waals surface area contributed by atoms with E-state index in [4.69, 9.17) is 5.73 Å². The topological polar surface area (TPSA) is 125 Å². The van der Waals surface area contributed by atoms with Crippen LogP contribution < -0.4 is 11.1 Å². The highest BCUT2D eigenvalue weighted by Gasteiger charge is 2.29. The third-order valence-corrected chi connectivity index (χ3v) is 2.87. The lowest BCUT2D eigenvalue weighted by atomic mass is 9.92. The fraction of sp³-hybridized carbons (Fsp3) is 0.800. The van der Waals surface area contributed by atoms with Crippen molar-refractivity contribution in [1.29, 1.82) is 0 Å². The van der Waals surface area contributed by atoms with Crippen LogP contribution in [0.5, 0.6) is 0 Å². The Morgan fingerprint density at radius 2 is 2.00 bits per heavy atom. The second kappa shape index (κ2) is 6.77. The molecule has 0 radical (unpaired) electrons. The van der Waals surface area contributed by atoms with Crippen molar-refractivity contribution in [1.82, 2.24) is 5.32 Å². The lowest BCUT2D eigenvalue weighted by Gasteiger charge is -2.30. The zero-order valence-corrected chi connectivity index (χ0v) is 9.96. The number of nitrogens with one attached hydrogen (secondary N) is 1. The van der Waals surface area contributed by atoms with Crippen molar-refractivity contribution in [3.63, 3.8) is 0 Å². The standard InChI is InChI=1S/C10H17N3O5/c11-9(14)5-6-10(15)12-7-3-1-2-4-8(7)18-13(16)17/h7-8H,1-6H2,(H2,11,14)(H,12,15). The molecule has 102 valence electrons. The number of nitrogens with two attached hydrogens (primary N) is 1. The smallest absolute Gasteiger partial charge is 0.294 e. The Morgan fingerprint density at radius 3 is 2.61 bits per heavy atom. The number of amides is 2. The molecule has 1 aliphatic carbocycles. The van der Waals surface area contributed by atoms with Crippen molar-refractivity contribution >= 4 is 11.8 Å². The normalized spacial score (nSPS) is 23.1. The van der Waals surface area contributed by atoms with Crippen molar-refractivity contribution in [3.05, 3.63) is 10.1 Å².